The van der Waals surface area contributed by atoms with Gasteiger partial charge >= 0.3 is 5.97 Å². The molecule has 1 rings (SSSR count). The van der Waals surface area contributed by atoms with Gasteiger partial charge in [0.15, 0.2) is 5.96 Å². The fourth-order valence-electron chi connectivity index (χ4n) is 5.60. The number of carbonyl (C=O) groups is 7. The number of carbonyl (C=O) groups excluding carboxylic acids is 6. The van der Waals surface area contributed by atoms with Crippen LogP contribution in [-0.4, -0.2) is 134 Å². The molecule has 1 aliphatic rings. The standard InChI is InChI=1S/C34H63N11O8/c1-21(2)19-25-29(49)38-17-14-27(46)40-22(11-6-8-15-35)30(50)44-26(20-28(47)48)33(53)42-23(12-7-9-18-45(3,4)5)31(51)41-24(32(52)43-25)13-10-16-39-34(36)37/h21-26H,6-20,35H2,1-5H3,(H10-,36,37,38,39,40,41,42,43,44,46,47,48,49,50,51,52,53)/p+1/t22-,23-,24-,25-,26-/m0/s1. The van der Waals surface area contributed by atoms with Gasteiger partial charge in [-0.3, -0.25) is 38.6 Å². The van der Waals surface area contributed by atoms with E-state index < -0.39 is 78.0 Å². The second-order valence-electron chi connectivity index (χ2n) is 14.9. The maximum absolute atomic E-state index is 13.9. The zero-order chi connectivity index (χ0) is 40.1. The van der Waals surface area contributed by atoms with Crippen LogP contribution in [-0.2, 0) is 33.6 Å². The van der Waals surface area contributed by atoms with Crippen LogP contribution in [0.3, 0.4) is 0 Å². The van der Waals surface area contributed by atoms with Crippen molar-refractivity contribution in [1.29, 1.82) is 0 Å². The average Bonchev–Trinajstić information content (AvgIpc) is 3.04. The average molecular weight is 755 g/mol. The Balaban J connectivity index is 3.63. The zero-order valence-corrected chi connectivity index (χ0v) is 32.0. The third-order valence-corrected chi connectivity index (χ3v) is 8.38. The van der Waals surface area contributed by atoms with Gasteiger partial charge in [-0.2, -0.15) is 0 Å². The summed E-state index contributed by atoms with van der Waals surface area (Å²) < 4.78 is 0.655. The Morgan fingerprint density at radius 1 is 0.736 bits per heavy atom. The number of unbranched alkanes of at least 4 members (excludes halogenated alkanes) is 2. The molecule has 13 N–H and O–H groups in total. The van der Waals surface area contributed by atoms with Crippen LogP contribution in [0.5, 0.6) is 0 Å². The van der Waals surface area contributed by atoms with Crippen molar-refractivity contribution in [2.45, 2.75) is 115 Å². The molecule has 19 nitrogen and oxygen atoms in total. The minimum Gasteiger partial charge on any atom is -0.481 e. The van der Waals surface area contributed by atoms with Crippen molar-refractivity contribution < 1.29 is 43.2 Å². The summed E-state index contributed by atoms with van der Waals surface area (Å²) in [6.07, 6.45) is 1.98. The predicted molar refractivity (Wildman–Crippen MR) is 199 cm³/mol. The lowest BCUT2D eigenvalue weighted by molar-refractivity contribution is -0.870. The minimum absolute atomic E-state index is 0.0243. The number of guanidine groups is 1. The number of carboxylic acid groups (broad SMARTS) is 1. The van der Waals surface area contributed by atoms with Crippen LogP contribution in [0.1, 0.15) is 84.5 Å². The van der Waals surface area contributed by atoms with Gasteiger partial charge in [0.1, 0.15) is 30.2 Å². The molecule has 0 aromatic heterocycles. The Bertz CT molecular complexity index is 1270. The summed E-state index contributed by atoms with van der Waals surface area (Å²) in [5.74, 6) is -5.80. The minimum atomic E-state index is -1.60. The van der Waals surface area contributed by atoms with Crippen LogP contribution >= 0.6 is 0 Å². The third kappa shape index (κ3) is 20.3. The number of aliphatic imine (C=N–C) groups is 1. The fourth-order valence-corrected chi connectivity index (χ4v) is 5.60. The van der Waals surface area contributed by atoms with Crippen molar-refractivity contribution in [2.24, 2.45) is 28.1 Å². The first-order valence-corrected chi connectivity index (χ1v) is 18.4. The van der Waals surface area contributed by atoms with E-state index in [0.29, 0.717) is 36.7 Å². The topological polar surface area (TPSA) is 302 Å². The maximum Gasteiger partial charge on any atom is 0.305 e. The molecule has 5 atom stereocenters. The fraction of sp³-hybridized carbons (Fsp3) is 0.765. The van der Waals surface area contributed by atoms with Crippen LogP contribution in [0.2, 0.25) is 0 Å². The SMILES string of the molecule is CC(C)C[C@@H]1NC(=O)[C@H](CCCN=C(N)N)NC(=O)[C@H](CCCC[N+](C)(C)C)NC(=O)[C@H](CC(=O)O)NC(=O)[C@H](CCCCN)NC(=O)CCNC1=O. The summed E-state index contributed by atoms with van der Waals surface area (Å²) in [4.78, 5) is 96.8. The highest BCUT2D eigenvalue weighted by molar-refractivity contribution is 5.97. The molecular weight excluding hydrogens is 690 g/mol. The van der Waals surface area contributed by atoms with Gasteiger partial charge in [-0.05, 0) is 70.3 Å². The number of carboxylic acids is 1. The number of quaternary nitrogens is 1. The van der Waals surface area contributed by atoms with E-state index in [1.807, 2.05) is 35.0 Å². The normalized spacial score (nSPS) is 22.9. The summed E-state index contributed by atoms with van der Waals surface area (Å²) in [6, 6.07) is -6.16. The van der Waals surface area contributed by atoms with Crippen LogP contribution < -0.4 is 49.1 Å². The van der Waals surface area contributed by atoms with Crippen molar-refractivity contribution >= 4 is 47.4 Å². The molecule has 1 saturated heterocycles. The lowest BCUT2D eigenvalue weighted by Crippen LogP contribution is -2.59. The summed E-state index contributed by atoms with van der Waals surface area (Å²) in [6.45, 7) is 4.86. The van der Waals surface area contributed by atoms with Crippen molar-refractivity contribution in [3.8, 4) is 0 Å². The molecule has 302 valence electrons. The summed E-state index contributed by atoms with van der Waals surface area (Å²) in [5.41, 5.74) is 16.5. The zero-order valence-electron chi connectivity index (χ0n) is 32.0. The Morgan fingerprint density at radius 2 is 1.23 bits per heavy atom. The van der Waals surface area contributed by atoms with E-state index >= 15 is 0 Å². The molecule has 0 unspecified atom stereocenters. The Hall–Kier alpha value is -4.52. The first-order valence-electron chi connectivity index (χ1n) is 18.4. The van der Waals surface area contributed by atoms with Gasteiger partial charge in [-0.15, -0.1) is 0 Å². The van der Waals surface area contributed by atoms with Gasteiger partial charge in [0.2, 0.25) is 35.4 Å². The molecule has 0 spiro atoms. The largest absolute Gasteiger partial charge is 0.481 e. The summed E-state index contributed by atoms with van der Waals surface area (Å²) in [5, 5.41) is 25.4. The van der Waals surface area contributed by atoms with Gasteiger partial charge < -0.3 is 58.7 Å². The Morgan fingerprint density at radius 3 is 1.74 bits per heavy atom. The first kappa shape index (κ1) is 46.5. The van der Waals surface area contributed by atoms with Crippen molar-refractivity contribution in [3.05, 3.63) is 0 Å². The number of nitrogens with two attached hydrogens (primary N) is 3. The quantitative estimate of drug-likeness (QED) is 0.0321. The molecule has 0 saturated carbocycles. The molecule has 0 aromatic rings. The molecule has 0 radical (unpaired) electrons. The van der Waals surface area contributed by atoms with Crippen molar-refractivity contribution in [1.82, 2.24) is 31.9 Å². The van der Waals surface area contributed by atoms with E-state index in [-0.39, 0.29) is 63.5 Å². The summed E-state index contributed by atoms with van der Waals surface area (Å²) >= 11 is 0. The maximum atomic E-state index is 13.9. The van der Waals surface area contributed by atoms with E-state index in [4.69, 9.17) is 17.2 Å². The summed E-state index contributed by atoms with van der Waals surface area (Å²) in [7, 11) is 6.03. The smallest absolute Gasteiger partial charge is 0.305 e. The van der Waals surface area contributed by atoms with E-state index in [9.17, 15) is 38.7 Å². The molecule has 1 aliphatic heterocycles. The van der Waals surface area contributed by atoms with Crippen molar-refractivity contribution in [3.63, 3.8) is 0 Å². The van der Waals surface area contributed by atoms with Gasteiger partial charge in [-0.1, -0.05) is 13.8 Å². The highest BCUT2D eigenvalue weighted by Crippen LogP contribution is 2.11. The number of nitrogens with zero attached hydrogens (tertiary/aromatic N) is 2. The molecule has 0 aliphatic carbocycles. The second-order valence-corrected chi connectivity index (χ2v) is 14.9. The molecule has 6 amide bonds. The molecular formula is C34H64N11O8+. The number of rotatable bonds is 17. The van der Waals surface area contributed by atoms with Crippen LogP contribution in [0.25, 0.3) is 0 Å². The van der Waals surface area contributed by atoms with E-state index in [1.165, 1.54) is 0 Å². The van der Waals surface area contributed by atoms with E-state index in [0.717, 1.165) is 6.54 Å². The number of hydrogen-bond donors (Lipinski definition) is 10. The van der Waals surface area contributed by atoms with Crippen LogP contribution in [0.15, 0.2) is 4.99 Å². The lowest BCUT2D eigenvalue weighted by atomic mass is 10.0. The molecule has 19 heteroatoms. The van der Waals surface area contributed by atoms with E-state index in [2.05, 4.69) is 36.9 Å². The molecule has 53 heavy (non-hydrogen) atoms. The molecule has 1 fully saturated rings. The van der Waals surface area contributed by atoms with Gasteiger partial charge in [0, 0.05) is 19.5 Å². The molecule has 1 heterocycles. The number of aliphatic carboxylic acids is 1. The van der Waals surface area contributed by atoms with Gasteiger partial charge in [-0.25, -0.2) is 0 Å². The number of amides is 6. The Labute approximate surface area is 312 Å². The second kappa shape index (κ2) is 23.9. The highest BCUT2D eigenvalue weighted by atomic mass is 16.4. The third-order valence-electron chi connectivity index (χ3n) is 8.38. The Kier molecular flexibility index (Phi) is 21.0. The molecule has 0 bridgehead atoms. The monoisotopic (exact) mass is 754 g/mol. The molecule has 0 aromatic carbocycles. The first-order chi connectivity index (χ1) is 24.8. The number of nitrogens with one attached hydrogen (secondary N) is 6. The lowest BCUT2D eigenvalue weighted by Gasteiger charge is -2.27. The van der Waals surface area contributed by atoms with Gasteiger partial charge in [0.25, 0.3) is 0 Å². The van der Waals surface area contributed by atoms with Crippen LogP contribution in [0, 0.1) is 5.92 Å². The van der Waals surface area contributed by atoms with Crippen LogP contribution in [0.4, 0.5) is 0 Å². The highest BCUT2D eigenvalue weighted by Gasteiger charge is 2.33. The van der Waals surface area contributed by atoms with E-state index in [1.54, 1.807) is 0 Å². The predicted octanol–water partition coefficient (Wildman–Crippen LogP) is -2.49. The van der Waals surface area contributed by atoms with Crippen molar-refractivity contribution in [2.75, 3.05) is 47.3 Å². The van der Waals surface area contributed by atoms with Gasteiger partial charge in [0.05, 0.1) is 34.1 Å². The number of hydrogen-bond acceptors (Lipinski definition) is 9.